The van der Waals surface area contributed by atoms with Crippen LogP contribution >= 0.6 is 0 Å². The average molecular weight is 353 g/mol. The van der Waals surface area contributed by atoms with Gasteiger partial charge in [0.15, 0.2) is 5.78 Å². The van der Waals surface area contributed by atoms with E-state index in [0.717, 1.165) is 16.9 Å². The molecule has 0 aliphatic carbocycles. The van der Waals surface area contributed by atoms with Gasteiger partial charge in [0.1, 0.15) is 11.5 Å². The molecular formula is C22H27NO3. The van der Waals surface area contributed by atoms with Crippen LogP contribution in [0.25, 0.3) is 6.08 Å². The smallest absolute Gasteiger partial charge is 0.185 e. The molecule has 2 N–H and O–H groups in total. The molecule has 0 heterocycles. The van der Waals surface area contributed by atoms with E-state index in [1.165, 1.54) is 0 Å². The Kier molecular flexibility index (Phi) is 6.45. The molecule has 26 heavy (non-hydrogen) atoms. The number of rotatable bonds is 7. The summed E-state index contributed by atoms with van der Waals surface area (Å²) in [6.07, 6.45) is 3.34. The van der Waals surface area contributed by atoms with Crippen LogP contribution in [0.1, 0.15) is 49.2 Å². The molecule has 0 aromatic heterocycles. The van der Waals surface area contributed by atoms with Crippen molar-refractivity contribution >= 4 is 17.5 Å². The molecule has 138 valence electrons. The van der Waals surface area contributed by atoms with Crippen molar-refractivity contribution in [3.8, 4) is 11.5 Å². The first-order valence-electron chi connectivity index (χ1n) is 8.82. The third kappa shape index (κ3) is 5.12. The molecular weight excluding hydrogens is 326 g/mol. The van der Waals surface area contributed by atoms with E-state index >= 15 is 0 Å². The summed E-state index contributed by atoms with van der Waals surface area (Å²) < 4.78 is 11.9. The second kappa shape index (κ2) is 8.56. The number of nitrogen functional groups attached to an aromatic ring is 1. The maximum Gasteiger partial charge on any atom is 0.185 e. The second-order valence-corrected chi connectivity index (χ2v) is 6.78. The van der Waals surface area contributed by atoms with Gasteiger partial charge in [0.25, 0.3) is 0 Å². The van der Waals surface area contributed by atoms with E-state index in [2.05, 4.69) is 0 Å². The van der Waals surface area contributed by atoms with Gasteiger partial charge in [0.2, 0.25) is 0 Å². The van der Waals surface area contributed by atoms with Crippen molar-refractivity contribution in [2.75, 3.05) is 5.73 Å². The van der Waals surface area contributed by atoms with E-state index in [1.54, 1.807) is 36.4 Å². The number of aryl methyl sites for hydroxylation is 1. The third-order valence-corrected chi connectivity index (χ3v) is 3.67. The van der Waals surface area contributed by atoms with E-state index in [1.807, 2.05) is 46.8 Å². The third-order valence-electron chi connectivity index (χ3n) is 3.67. The standard InChI is InChI=1S/C22H27NO3/c1-14(2)25-21-13-6-16(5)22(26-15(3)4)19(21)11-12-20(24)17-7-9-18(23)10-8-17/h6-15H,23H2,1-5H3. The monoisotopic (exact) mass is 353 g/mol. The zero-order chi connectivity index (χ0) is 19.3. The predicted octanol–water partition coefficient (Wildman–Crippen LogP) is 5.05. The van der Waals surface area contributed by atoms with Crippen molar-refractivity contribution in [2.45, 2.75) is 46.8 Å². The number of benzene rings is 2. The van der Waals surface area contributed by atoms with Crippen molar-refractivity contribution in [3.05, 3.63) is 59.2 Å². The molecule has 4 heteroatoms. The van der Waals surface area contributed by atoms with Gasteiger partial charge in [0, 0.05) is 11.3 Å². The first-order chi connectivity index (χ1) is 12.3. The highest BCUT2D eigenvalue weighted by atomic mass is 16.5. The van der Waals surface area contributed by atoms with E-state index in [0.29, 0.717) is 17.0 Å². The molecule has 0 unspecified atom stereocenters. The predicted molar refractivity (Wildman–Crippen MR) is 107 cm³/mol. The van der Waals surface area contributed by atoms with Gasteiger partial charge < -0.3 is 15.2 Å². The molecule has 0 radical (unpaired) electrons. The van der Waals surface area contributed by atoms with Gasteiger partial charge in [-0.3, -0.25) is 4.79 Å². The van der Waals surface area contributed by atoms with Crippen LogP contribution in [0.15, 0.2) is 42.5 Å². The lowest BCUT2D eigenvalue weighted by atomic mass is 10.0. The molecule has 0 saturated heterocycles. The van der Waals surface area contributed by atoms with Crippen LogP contribution in [-0.4, -0.2) is 18.0 Å². The van der Waals surface area contributed by atoms with Gasteiger partial charge in [-0.1, -0.05) is 6.07 Å². The first-order valence-corrected chi connectivity index (χ1v) is 8.82. The van der Waals surface area contributed by atoms with Crippen molar-refractivity contribution in [3.63, 3.8) is 0 Å². The fourth-order valence-electron chi connectivity index (χ4n) is 2.50. The molecule has 0 fully saturated rings. The lowest BCUT2D eigenvalue weighted by molar-refractivity contribution is 0.104. The zero-order valence-electron chi connectivity index (χ0n) is 16.1. The zero-order valence-corrected chi connectivity index (χ0v) is 16.1. The molecule has 2 aromatic rings. The summed E-state index contributed by atoms with van der Waals surface area (Å²) in [5.41, 5.74) is 8.66. The van der Waals surface area contributed by atoms with E-state index in [4.69, 9.17) is 15.2 Å². The van der Waals surface area contributed by atoms with Gasteiger partial charge in [-0.05, 0) is 82.7 Å². The van der Waals surface area contributed by atoms with Crippen LogP contribution in [0.2, 0.25) is 0 Å². The number of nitrogens with two attached hydrogens (primary N) is 1. The first kappa shape index (κ1) is 19.6. The minimum Gasteiger partial charge on any atom is -0.490 e. The van der Waals surface area contributed by atoms with E-state index < -0.39 is 0 Å². The number of allylic oxidation sites excluding steroid dienone is 1. The number of ether oxygens (including phenoxy) is 2. The van der Waals surface area contributed by atoms with Crippen LogP contribution in [-0.2, 0) is 0 Å². The summed E-state index contributed by atoms with van der Waals surface area (Å²) in [4.78, 5) is 12.5. The Bertz CT molecular complexity index is 790. The molecule has 2 rings (SSSR count). The number of carbonyl (C=O) groups is 1. The highest BCUT2D eigenvalue weighted by Crippen LogP contribution is 2.34. The van der Waals surface area contributed by atoms with Crippen LogP contribution in [0, 0.1) is 6.92 Å². The lowest BCUT2D eigenvalue weighted by Gasteiger charge is -2.19. The van der Waals surface area contributed by atoms with E-state index in [-0.39, 0.29) is 18.0 Å². The second-order valence-electron chi connectivity index (χ2n) is 6.78. The molecule has 2 aromatic carbocycles. The Labute approximate surface area is 155 Å². The summed E-state index contributed by atoms with van der Waals surface area (Å²) in [6, 6.07) is 10.7. The fraction of sp³-hybridized carbons (Fsp3) is 0.318. The maximum atomic E-state index is 12.5. The van der Waals surface area contributed by atoms with Gasteiger partial charge in [0.05, 0.1) is 17.8 Å². The Morgan fingerprint density at radius 3 is 2.15 bits per heavy atom. The van der Waals surface area contributed by atoms with Crippen LogP contribution in [0.4, 0.5) is 5.69 Å². The molecule has 0 saturated carbocycles. The van der Waals surface area contributed by atoms with Gasteiger partial charge in [-0.25, -0.2) is 0 Å². The Hall–Kier alpha value is -2.75. The molecule has 0 atom stereocenters. The molecule has 0 spiro atoms. The number of anilines is 1. The average Bonchev–Trinajstić information content (AvgIpc) is 2.56. The Balaban J connectivity index is 2.42. The number of hydrogen-bond donors (Lipinski definition) is 1. The number of hydrogen-bond acceptors (Lipinski definition) is 4. The van der Waals surface area contributed by atoms with Crippen LogP contribution in [0.5, 0.6) is 11.5 Å². The molecule has 0 aliphatic heterocycles. The highest BCUT2D eigenvalue weighted by Gasteiger charge is 2.15. The molecule has 0 amide bonds. The van der Waals surface area contributed by atoms with Crippen LogP contribution in [0.3, 0.4) is 0 Å². The van der Waals surface area contributed by atoms with Gasteiger partial charge >= 0.3 is 0 Å². The number of ketones is 1. The number of carbonyl (C=O) groups excluding carboxylic acids is 1. The van der Waals surface area contributed by atoms with Gasteiger partial charge in [-0.2, -0.15) is 0 Å². The minimum absolute atomic E-state index is 0.0166. The van der Waals surface area contributed by atoms with Crippen LogP contribution < -0.4 is 15.2 Å². The topological polar surface area (TPSA) is 61.5 Å². The Morgan fingerprint density at radius 1 is 0.962 bits per heavy atom. The molecule has 0 aliphatic rings. The minimum atomic E-state index is -0.0995. The quantitative estimate of drug-likeness (QED) is 0.430. The van der Waals surface area contributed by atoms with Crippen molar-refractivity contribution in [1.82, 2.24) is 0 Å². The maximum absolute atomic E-state index is 12.5. The molecule has 4 nitrogen and oxygen atoms in total. The van der Waals surface area contributed by atoms with Crippen molar-refractivity contribution < 1.29 is 14.3 Å². The Morgan fingerprint density at radius 2 is 1.58 bits per heavy atom. The fourth-order valence-corrected chi connectivity index (χ4v) is 2.50. The van der Waals surface area contributed by atoms with Crippen molar-refractivity contribution in [1.29, 1.82) is 0 Å². The summed E-state index contributed by atoms with van der Waals surface area (Å²) in [6.45, 7) is 9.87. The largest absolute Gasteiger partial charge is 0.490 e. The summed E-state index contributed by atoms with van der Waals surface area (Å²) in [5, 5.41) is 0. The SMILES string of the molecule is Cc1ccc(OC(C)C)c(C=CC(=O)c2ccc(N)cc2)c1OC(C)C. The highest BCUT2D eigenvalue weighted by molar-refractivity contribution is 6.07. The normalized spacial score (nSPS) is 11.3. The lowest BCUT2D eigenvalue weighted by Crippen LogP contribution is -2.11. The molecule has 0 bridgehead atoms. The van der Waals surface area contributed by atoms with Gasteiger partial charge in [-0.15, -0.1) is 0 Å². The summed E-state index contributed by atoms with van der Waals surface area (Å²) in [5.74, 6) is 1.33. The summed E-state index contributed by atoms with van der Waals surface area (Å²) in [7, 11) is 0. The van der Waals surface area contributed by atoms with E-state index in [9.17, 15) is 4.79 Å². The van der Waals surface area contributed by atoms with Crippen molar-refractivity contribution in [2.24, 2.45) is 0 Å². The summed E-state index contributed by atoms with van der Waals surface area (Å²) >= 11 is 0.